The number of aromatic nitrogens is 4. The molecule has 0 radical (unpaired) electrons. The van der Waals surface area contributed by atoms with Gasteiger partial charge in [-0.15, -0.1) is 5.10 Å². The van der Waals surface area contributed by atoms with E-state index in [1.165, 1.54) is 0 Å². The molecule has 0 amide bonds. The van der Waals surface area contributed by atoms with Gasteiger partial charge in [0.1, 0.15) is 22.9 Å². The maximum absolute atomic E-state index is 5.70. The van der Waals surface area contributed by atoms with Crippen molar-refractivity contribution in [1.29, 1.82) is 0 Å². The Bertz CT molecular complexity index is 826. The number of ether oxygens (including phenoxy) is 3. The van der Waals surface area contributed by atoms with Crippen LogP contribution in [0.2, 0.25) is 0 Å². The Hall–Kier alpha value is -2.74. The summed E-state index contributed by atoms with van der Waals surface area (Å²) in [5.41, 5.74) is 0.736. The zero-order valence-electron chi connectivity index (χ0n) is 14.7. The van der Waals surface area contributed by atoms with Gasteiger partial charge in [-0.3, -0.25) is 0 Å². The Balaban J connectivity index is 1.60. The van der Waals surface area contributed by atoms with Crippen LogP contribution in [-0.2, 0) is 0 Å². The van der Waals surface area contributed by atoms with Gasteiger partial charge in [0, 0.05) is 11.8 Å². The van der Waals surface area contributed by atoms with Crippen molar-refractivity contribution < 1.29 is 14.2 Å². The van der Waals surface area contributed by atoms with Gasteiger partial charge in [0.25, 0.3) is 0 Å². The molecule has 0 N–H and O–H groups in total. The van der Waals surface area contributed by atoms with Crippen molar-refractivity contribution in [3.63, 3.8) is 0 Å². The number of rotatable bonds is 9. The van der Waals surface area contributed by atoms with E-state index in [2.05, 4.69) is 15.5 Å². The third-order valence-corrected chi connectivity index (χ3v) is 4.59. The molecule has 3 rings (SSSR count). The van der Waals surface area contributed by atoms with E-state index in [4.69, 9.17) is 14.2 Å². The van der Waals surface area contributed by atoms with Gasteiger partial charge in [0.2, 0.25) is 5.16 Å². The first-order valence-electron chi connectivity index (χ1n) is 8.13. The third-order valence-electron chi connectivity index (χ3n) is 3.59. The second-order valence-electron chi connectivity index (χ2n) is 5.27. The zero-order valence-corrected chi connectivity index (χ0v) is 15.5. The molecule has 0 aliphatic rings. The summed E-state index contributed by atoms with van der Waals surface area (Å²) in [5, 5.41) is 12.7. The van der Waals surface area contributed by atoms with Crippen molar-refractivity contribution in [2.75, 3.05) is 26.6 Å². The molecular formula is C18H20N4O3S. The van der Waals surface area contributed by atoms with Crippen molar-refractivity contribution in [1.82, 2.24) is 20.2 Å². The minimum atomic E-state index is 0.640. The van der Waals surface area contributed by atoms with E-state index in [9.17, 15) is 0 Å². The summed E-state index contributed by atoms with van der Waals surface area (Å²) in [6, 6.07) is 15.3. The first-order chi connectivity index (χ1) is 12.8. The fourth-order valence-electron chi connectivity index (χ4n) is 2.31. The van der Waals surface area contributed by atoms with E-state index in [-0.39, 0.29) is 0 Å². The Labute approximate surface area is 156 Å². The average Bonchev–Trinajstić information content (AvgIpc) is 3.16. The van der Waals surface area contributed by atoms with Crippen LogP contribution < -0.4 is 14.2 Å². The molecule has 136 valence electrons. The summed E-state index contributed by atoms with van der Waals surface area (Å²) >= 11 is 1.57. The lowest BCUT2D eigenvalue weighted by Gasteiger charge is -2.11. The highest BCUT2D eigenvalue weighted by molar-refractivity contribution is 7.99. The fraction of sp³-hybridized carbons (Fsp3) is 0.278. The molecule has 26 heavy (non-hydrogen) atoms. The molecule has 8 heteroatoms. The molecule has 1 heterocycles. The normalized spacial score (nSPS) is 10.5. The number of hydrogen-bond acceptors (Lipinski definition) is 7. The highest BCUT2D eigenvalue weighted by Gasteiger charge is 2.14. The van der Waals surface area contributed by atoms with Crippen molar-refractivity contribution >= 4 is 11.8 Å². The van der Waals surface area contributed by atoms with Gasteiger partial charge < -0.3 is 14.2 Å². The smallest absolute Gasteiger partial charge is 0.214 e. The number of hydrogen-bond donors (Lipinski definition) is 0. The summed E-state index contributed by atoms with van der Waals surface area (Å²) in [4.78, 5) is 0. The first kappa shape index (κ1) is 18.1. The summed E-state index contributed by atoms with van der Waals surface area (Å²) in [5.74, 6) is 3.10. The summed E-state index contributed by atoms with van der Waals surface area (Å²) in [7, 11) is 3.23. The van der Waals surface area contributed by atoms with Gasteiger partial charge in [-0.2, -0.15) is 4.68 Å². The summed E-state index contributed by atoms with van der Waals surface area (Å²) in [6.45, 7) is 0.640. The molecular weight excluding hydrogens is 352 g/mol. The monoisotopic (exact) mass is 372 g/mol. The van der Waals surface area contributed by atoms with Gasteiger partial charge in [-0.1, -0.05) is 30.0 Å². The molecule has 0 saturated carbocycles. The van der Waals surface area contributed by atoms with E-state index < -0.39 is 0 Å². The quantitative estimate of drug-likeness (QED) is 0.422. The van der Waals surface area contributed by atoms with Crippen molar-refractivity contribution in [2.24, 2.45) is 0 Å². The average molecular weight is 372 g/mol. The molecule has 2 aromatic carbocycles. The zero-order chi connectivity index (χ0) is 18.2. The Morgan fingerprint density at radius 3 is 2.62 bits per heavy atom. The number of tetrazole rings is 1. The van der Waals surface area contributed by atoms with Gasteiger partial charge in [0.15, 0.2) is 0 Å². The van der Waals surface area contributed by atoms with Crippen molar-refractivity contribution in [2.45, 2.75) is 11.6 Å². The van der Waals surface area contributed by atoms with Crippen LogP contribution in [0.5, 0.6) is 17.2 Å². The minimum Gasteiger partial charge on any atom is -0.497 e. The minimum absolute atomic E-state index is 0.640. The van der Waals surface area contributed by atoms with E-state index in [0.29, 0.717) is 23.3 Å². The van der Waals surface area contributed by atoms with Crippen LogP contribution in [0.4, 0.5) is 0 Å². The van der Waals surface area contributed by atoms with E-state index in [1.54, 1.807) is 30.7 Å². The molecule has 0 saturated heterocycles. The fourth-order valence-corrected chi connectivity index (χ4v) is 3.11. The standard InChI is InChI=1S/C18H20N4O3S/c1-23-15-9-10-17(24-2)16(13-15)22-18(19-20-21-22)26-12-6-11-25-14-7-4-3-5-8-14/h3-5,7-10,13H,6,11-12H2,1-2H3. The molecule has 0 aliphatic heterocycles. The maximum atomic E-state index is 5.70. The highest BCUT2D eigenvalue weighted by atomic mass is 32.2. The molecule has 3 aromatic rings. The molecule has 0 aliphatic carbocycles. The Morgan fingerprint density at radius 2 is 1.85 bits per heavy atom. The number of benzene rings is 2. The van der Waals surface area contributed by atoms with Crippen LogP contribution in [0.3, 0.4) is 0 Å². The molecule has 0 atom stereocenters. The molecule has 1 aromatic heterocycles. The van der Waals surface area contributed by atoms with Gasteiger partial charge in [0.05, 0.1) is 20.8 Å². The lowest BCUT2D eigenvalue weighted by atomic mass is 10.3. The van der Waals surface area contributed by atoms with Crippen molar-refractivity contribution in [3.8, 4) is 22.9 Å². The number of nitrogens with zero attached hydrogens (tertiary/aromatic N) is 4. The van der Waals surface area contributed by atoms with Crippen LogP contribution in [0.25, 0.3) is 5.69 Å². The predicted molar refractivity (Wildman–Crippen MR) is 99.5 cm³/mol. The second-order valence-corrected chi connectivity index (χ2v) is 6.34. The maximum Gasteiger partial charge on any atom is 0.214 e. The molecule has 0 unspecified atom stereocenters. The lowest BCUT2D eigenvalue weighted by Crippen LogP contribution is -2.04. The molecule has 0 spiro atoms. The molecule has 7 nitrogen and oxygen atoms in total. The van der Waals surface area contributed by atoms with Gasteiger partial charge in [-0.25, -0.2) is 0 Å². The lowest BCUT2D eigenvalue weighted by molar-refractivity contribution is 0.318. The first-order valence-corrected chi connectivity index (χ1v) is 9.12. The van der Waals surface area contributed by atoms with Crippen molar-refractivity contribution in [3.05, 3.63) is 48.5 Å². The summed E-state index contributed by atoms with van der Waals surface area (Å²) < 4.78 is 18.1. The number of para-hydroxylation sites is 1. The number of methoxy groups -OCH3 is 2. The predicted octanol–water partition coefficient (Wildman–Crippen LogP) is 3.24. The Kier molecular flexibility index (Phi) is 6.32. The molecule has 0 fully saturated rings. The summed E-state index contributed by atoms with van der Waals surface area (Å²) in [6.07, 6.45) is 0.877. The molecule has 0 bridgehead atoms. The SMILES string of the molecule is COc1ccc(OC)c(-n2nnnc2SCCCOc2ccccc2)c1. The largest absolute Gasteiger partial charge is 0.497 e. The Morgan fingerprint density at radius 1 is 1.00 bits per heavy atom. The second kappa shape index (κ2) is 9.10. The van der Waals surface area contributed by atoms with Gasteiger partial charge in [-0.05, 0) is 41.1 Å². The van der Waals surface area contributed by atoms with E-state index in [0.717, 1.165) is 23.6 Å². The highest BCUT2D eigenvalue weighted by Crippen LogP contribution is 2.29. The van der Waals surface area contributed by atoms with Crippen LogP contribution in [0, 0.1) is 0 Å². The van der Waals surface area contributed by atoms with E-state index in [1.807, 2.05) is 48.5 Å². The van der Waals surface area contributed by atoms with Crippen LogP contribution in [-0.4, -0.2) is 46.8 Å². The van der Waals surface area contributed by atoms with Crippen LogP contribution >= 0.6 is 11.8 Å². The van der Waals surface area contributed by atoms with E-state index >= 15 is 0 Å². The van der Waals surface area contributed by atoms with Crippen LogP contribution in [0.15, 0.2) is 53.7 Å². The van der Waals surface area contributed by atoms with Gasteiger partial charge >= 0.3 is 0 Å². The number of thioether (sulfide) groups is 1. The van der Waals surface area contributed by atoms with Crippen LogP contribution in [0.1, 0.15) is 6.42 Å². The topological polar surface area (TPSA) is 71.3 Å². The third kappa shape index (κ3) is 4.45.